The molecule has 0 unspecified atom stereocenters. The Labute approximate surface area is 91.9 Å². The molecule has 15 heavy (non-hydrogen) atoms. The van der Waals surface area contributed by atoms with Crippen molar-refractivity contribution in [2.75, 3.05) is 19.8 Å². The Balaban J connectivity index is 4.38. The van der Waals surface area contributed by atoms with E-state index in [1.807, 2.05) is 20.8 Å². The van der Waals surface area contributed by atoms with Crippen molar-refractivity contribution in [2.45, 2.75) is 46.3 Å². The molecule has 0 aromatic rings. The Hall–Kier alpha value is -0.610. The second-order valence-corrected chi connectivity index (χ2v) is 3.11. The molecule has 0 spiro atoms. The van der Waals surface area contributed by atoms with Crippen LogP contribution in [0.5, 0.6) is 0 Å². The van der Waals surface area contributed by atoms with E-state index >= 15 is 0 Å². The molecule has 0 bridgehead atoms. The minimum Gasteiger partial charge on any atom is -0.466 e. The van der Waals surface area contributed by atoms with E-state index in [0.717, 1.165) is 0 Å². The predicted molar refractivity (Wildman–Crippen MR) is 57.5 cm³/mol. The van der Waals surface area contributed by atoms with Crippen LogP contribution >= 0.6 is 0 Å². The molecule has 4 nitrogen and oxygen atoms in total. The number of carbonyl (C=O) groups excluding carboxylic acids is 1. The van der Waals surface area contributed by atoms with E-state index in [1.165, 1.54) is 0 Å². The van der Waals surface area contributed by atoms with Crippen molar-refractivity contribution >= 4 is 5.97 Å². The summed E-state index contributed by atoms with van der Waals surface area (Å²) in [6.07, 6.45) is 0.784. The largest absolute Gasteiger partial charge is 0.466 e. The topological polar surface area (TPSA) is 44.8 Å². The van der Waals surface area contributed by atoms with Crippen LogP contribution in [0.2, 0.25) is 0 Å². The van der Waals surface area contributed by atoms with Gasteiger partial charge in [-0.1, -0.05) is 6.92 Å². The fourth-order valence-corrected chi connectivity index (χ4v) is 1.43. The fraction of sp³-hybridized carbons (Fsp3) is 0.909. The summed E-state index contributed by atoms with van der Waals surface area (Å²) in [6.45, 7) is 8.91. The van der Waals surface area contributed by atoms with Crippen LogP contribution < -0.4 is 0 Å². The summed E-state index contributed by atoms with van der Waals surface area (Å²) < 4.78 is 15.9. The van der Waals surface area contributed by atoms with Gasteiger partial charge < -0.3 is 14.2 Å². The first kappa shape index (κ1) is 14.4. The molecule has 0 N–H and O–H groups in total. The number of hydrogen-bond donors (Lipinski definition) is 0. The quantitative estimate of drug-likeness (QED) is 0.462. The molecule has 90 valence electrons. The molecule has 0 saturated heterocycles. The molecular weight excluding hydrogens is 196 g/mol. The third-order valence-corrected chi connectivity index (χ3v) is 2.07. The van der Waals surface area contributed by atoms with Gasteiger partial charge in [-0.25, -0.2) is 0 Å². The molecule has 0 aliphatic carbocycles. The minimum atomic E-state index is -0.810. The molecule has 4 heteroatoms. The van der Waals surface area contributed by atoms with Crippen molar-refractivity contribution in [3.05, 3.63) is 0 Å². The average molecular weight is 218 g/mol. The van der Waals surface area contributed by atoms with Gasteiger partial charge in [-0.2, -0.15) is 0 Å². The van der Waals surface area contributed by atoms with E-state index in [9.17, 15) is 4.79 Å². The molecule has 0 aliphatic heterocycles. The Morgan fingerprint density at radius 2 is 1.53 bits per heavy atom. The molecule has 0 amide bonds. The second kappa shape index (κ2) is 7.65. The zero-order valence-corrected chi connectivity index (χ0v) is 10.2. The molecule has 0 aromatic heterocycles. The summed E-state index contributed by atoms with van der Waals surface area (Å²) in [7, 11) is 0. The smallest absolute Gasteiger partial charge is 0.311 e. The fourth-order valence-electron chi connectivity index (χ4n) is 1.43. The SMILES string of the molecule is CCOC(=O)CC(CC)(OCC)OCC. The van der Waals surface area contributed by atoms with Crippen LogP contribution in [0.25, 0.3) is 0 Å². The van der Waals surface area contributed by atoms with Gasteiger partial charge in [-0.3, -0.25) is 4.79 Å². The van der Waals surface area contributed by atoms with Crippen LogP contribution in [-0.2, 0) is 19.0 Å². The molecule has 0 rings (SSSR count). The van der Waals surface area contributed by atoms with Gasteiger partial charge in [-0.05, 0) is 27.2 Å². The van der Waals surface area contributed by atoms with Gasteiger partial charge in [0.05, 0.1) is 13.0 Å². The van der Waals surface area contributed by atoms with Crippen LogP contribution in [0.4, 0.5) is 0 Å². The minimum absolute atomic E-state index is 0.152. The monoisotopic (exact) mass is 218 g/mol. The predicted octanol–water partition coefficient (Wildman–Crippen LogP) is 2.12. The number of rotatable bonds is 8. The number of ether oxygens (including phenoxy) is 3. The summed E-state index contributed by atoms with van der Waals surface area (Å²) in [6, 6.07) is 0. The van der Waals surface area contributed by atoms with E-state index in [-0.39, 0.29) is 12.4 Å². The average Bonchev–Trinajstić information content (AvgIpc) is 2.18. The van der Waals surface area contributed by atoms with Gasteiger partial charge in [-0.15, -0.1) is 0 Å². The Kier molecular flexibility index (Phi) is 7.34. The van der Waals surface area contributed by atoms with E-state index in [0.29, 0.717) is 26.2 Å². The molecule has 0 saturated carbocycles. The highest BCUT2D eigenvalue weighted by Gasteiger charge is 2.32. The van der Waals surface area contributed by atoms with Gasteiger partial charge >= 0.3 is 5.97 Å². The van der Waals surface area contributed by atoms with Crippen LogP contribution in [0.15, 0.2) is 0 Å². The zero-order chi connectivity index (χ0) is 11.7. The van der Waals surface area contributed by atoms with Crippen LogP contribution in [0.1, 0.15) is 40.5 Å². The molecule has 0 fully saturated rings. The Bertz CT molecular complexity index is 173. The molecule has 0 atom stereocenters. The summed E-state index contributed by atoms with van der Waals surface area (Å²) >= 11 is 0. The Morgan fingerprint density at radius 1 is 1.00 bits per heavy atom. The van der Waals surface area contributed by atoms with Crippen molar-refractivity contribution in [1.29, 1.82) is 0 Å². The third-order valence-electron chi connectivity index (χ3n) is 2.07. The van der Waals surface area contributed by atoms with Crippen LogP contribution in [-0.4, -0.2) is 31.6 Å². The summed E-state index contributed by atoms with van der Waals surface area (Å²) in [4.78, 5) is 11.4. The molecule has 0 aromatic carbocycles. The second-order valence-electron chi connectivity index (χ2n) is 3.11. The summed E-state index contributed by atoms with van der Waals surface area (Å²) in [5.74, 6) is -1.09. The van der Waals surface area contributed by atoms with Crippen LogP contribution in [0.3, 0.4) is 0 Å². The van der Waals surface area contributed by atoms with Gasteiger partial charge in [0.2, 0.25) is 0 Å². The highest BCUT2D eigenvalue weighted by molar-refractivity contribution is 5.70. The van der Waals surface area contributed by atoms with Crippen molar-refractivity contribution in [3.63, 3.8) is 0 Å². The number of hydrogen-bond acceptors (Lipinski definition) is 4. The van der Waals surface area contributed by atoms with Crippen molar-refractivity contribution < 1.29 is 19.0 Å². The number of esters is 1. The Morgan fingerprint density at radius 3 is 1.87 bits per heavy atom. The lowest BCUT2D eigenvalue weighted by atomic mass is 10.1. The van der Waals surface area contributed by atoms with Gasteiger partial charge in [0.25, 0.3) is 0 Å². The molecule has 0 heterocycles. The zero-order valence-electron chi connectivity index (χ0n) is 10.2. The maximum Gasteiger partial charge on any atom is 0.311 e. The van der Waals surface area contributed by atoms with Crippen molar-refractivity contribution in [3.8, 4) is 0 Å². The first-order valence-electron chi connectivity index (χ1n) is 5.57. The summed E-state index contributed by atoms with van der Waals surface area (Å²) in [5, 5.41) is 0. The maximum absolute atomic E-state index is 11.4. The van der Waals surface area contributed by atoms with Crippen molar-refractivity contribution in [2.24, 2.45) is 0 Å². The lowest BCUT2D eigenvalue weighted by Gasteiger charge is -2.31. The van der Waals surface area contributed by atoms with Gasteiger partial charge in [0.15, 0.2) is 5.79 Å². The number of carbonyl (C=O) groups is 1. The lowest BCUT2D eigenvalue weighted by molar-refractivity contribution is -0.240. The van der Waals surface area contributed by atoms with E-state index in [1.54, 1.807) is 6.92 Å². The maximum atomic E-state index is 11.4. The first-order valence-corrected chi connectivity index (χ1v) is 5.57. The van der Waals surface area contributed by atoms with E-state index in [4.69, 9.17) is 14.2 Å². The molecule has 0 radical (unpaired) electrons. The normalized spacial score (nSPS) is 11.5. The van der Waals surface area contributed by atoms with Gasteiger partial charge in [0.1, 0.15) is 0 Å². The first-order chi connectivity index (χ1) is 7.14. The highest BCUT2D eigenvalue weighted by atomic mass is 16.7. The summed E-state index contributed by atoms with van der Waals surface area (Å²) in [5.41, 5.74) is 0. The highest BCUT2D eigenvalue weighted by Crippen LogP contribution is 2.23. The van der Waals surface area contributed by atoms with Crippen LogP contribution in [0, 0.1) is 0 Å². The van der Waals surface area contributed by atoms with E-state index < -0.39 is 5.79 Å². The molecular formula is C11H22O4. The molecule has 0 aliphatic rings. The lowest BCUT2D eigenvalue weighted by Crippen LogP contribution is -2.38. The standard InChI is InChI=1S/C11H22O4/c1-5-11(14-7-3,15-8-4)9-10(12)13-6-2/h5-9H2,1-4H3. The van der Waals surface area contributed by atoms with E-state index in [2.05, 4.69) is 0 Å². The third kappa shape index (κ3) is 5.14. The van der Waals surface area contributed by atoms with Gasteiger partial charge in [0, 0.05) is 13.2 Å². The van der Waals surface area contributed by atoms with Crippen molar-refractivity contribution in [1.82, 2.24) is 0 Å².